The molecule has 2 heterocycles. The number of rotatable bonds is 19. The summed E-state index contributed by atoms with van der Waals surface area (Å²) in [5.74, 6) is -3.74. The third-order valence-electron chi connectivity index (χ3n) is 8.97. The van der Waals surface area contributed by atoms with Crippen molar-refractivity contribution in [3.63, 3.8) is 0 Å². The molecule has 0 aromatic heterocycles. The molecule has 5 amide bonds. The predicted octanol–water partition coefficient (Wildman–Crippen LogP) is 6.97. The fourth-order valence-corrected chi connectivity index (χ4v) is 5.97. The number of imide groups is 2. The number of amides is 5. The van der Waals surface area contributed by atoms with E-state index in [0.29, 0.717) is 17.7 Å². The van der Waals surface area contributed by atoms with E-state index in [9.17, 15) is 33.6 Å². The van der Waals surface area contributed by atoms with Crippen LogP contribution >= 0.6 is 0 Å². The Labute approximate surface area is 312 Å². The number of nitrogens with one attached hydrogen (secondary N) is 1. The molecule has 1 N–H and O–H groups in total. The van der Waals surface area contributed by atoms with Crippen molar-refractivity contribution in [2.75, 3.05) is 11.9 Å². The molecule has 14 nitrogen and oxygen atoms in total. The van der Waals surface area contributed by atoms with Crippen molar-refractivity contribution in [1.82, 2.24) is 9.80 Å². The monoisotopic (exact) mass is 743 g/mol. The number of benzene rings is 1. The molecule has 14 heteroatoms. The first-order valence-corrected chi connectivity index (χ1v) is 18.6. The number of carbonyl (C=O) groups excluding carboxylic acids is 7. The lowest BCUT2D eigenvalue weighted by Crippen LogP contribution is -2.55. The molecular formula is C39H57N3O11. The Morgan fingerprint density at radius 1 is 0.830 bits per heavy atom. The molecule has 1 aromatic rings. The number of ether oxygens (including phenoxy) is 4. The van der Waals surface area contributed by atoms with Crippen molar-refractivity contribution < 1.29 is 52.5 Å². The van der Waals surface area contributed by atoms with Gasteiger partial charge in [0.1, 0.15) is 11.9 Å². The predicted molar refractivity (Wildman–Crippen MR) is 195 cm³/mol. The van der Waals surface area contributed by atoms with Gasteiger partial charge in [-0.15, -0.1) is 0 Å². The van der Waals surface area contributed by atoms with E-state index >= 15 is 0 Å². The zero-order valence-electron chi connectivity index (χ0n) is 32.9. The van der Waals surface area contributed by atoms with Gasteiger partial charge in [0.25, 0.3) is 17.7 Å². The largest absolute Gasteiger partial charge is 0.489 e. The molecular weight excluding hydrogens is 686 g/mol. The number of carbonyl (C=O) groups is 7. The quantitative estimate of drug-likeness (QED) is 0.0671. The summed E-state index contributed by atoms with van der Waals surface area (Å²) in [5.41, 5.74) is -3.92. The maximum atomic E-state index is 13.8. The first-order chi connectivity index (χ1) is 24.6. The third-order valence-corrected chi connectivity index (χ3v) is 8.97. The molecule has 0 saturated carbocycles. The minimum Gasteiger partial charge on any atom is -0.489 e. The maximum absolute atomic E-state index is 13.8. The van der Waals surface area contributed by atoms with E-state index in [2.05, 4.69) is 12.2 Å². The Morgan fingerprint density at radius 3 is 1.91 bits per heavy atom. The highest BCUT2D eigenvalue weighted by Gasteiger charge is 2.55. The van der Waals surface area contributed by atoms with Crippen LogP contribution in [-0.2, 0) is 33.4 Å². The number of cyclic esters (lactones) is 2. The van der Waals surface area contributed by atoms with Crippen LogP contribution in [0.5, 0.6) is 5.75 Å². The van der Waals surface area contributed by atoms with E-state index in [-0.39, 0.29) is 23.5 Å². The van der Waals surface area contributed by atoms with Gasteiger partial charge in [-0.1, -0.05) is 72.6 Å². The minimum absolute atomic E-state index is 0.0533. The molecule has 1 aromatic carbocycles. The molecule has 2 aliphatic rings. The summed E-state index contributed by atoms with van der Waals surface area (Å²) in [6.45, 7) is 15.9. The number of nitrogens with zero attached hydrogens (tertiary/aromatic N) is 2. The maximum Gasteiger partial charge on any atom is 0.418 e. The number of unbranched alkanes of at least 4 members (excludes halogenated alkanes) is 7. The highest BCUT2D eigenvalue weighted by Crippen LogP contribution is 2.33. The number of Topliss-reactive ketones (excluding diaryl/α,β-unsaturated/α-hetero) is 1. The third kappa shape index (κ3) is 11.0. The summed E-state index contributed by atoms with van der Waals surface area (Å²) in [6.07, 6.45) is 5.65. The van der Waals surface area contributed by atoms with E-state index in [1.807, 2.05) is 0 Å². The summed E-state index contributed by atoms with van der Waals surface area (Å²) in [6, 6.07) is 2.28. The number of esters is 1. The van der Waals surface area contributed by atoms with Gasteiger partial charge in [0.05, 0.1) is 23.9 Å². The van der Waals surface area contributed by atoms with Crippen LogP contribution in [0.15, 0.2) is 18.2 Å². The Kier molecular flexibility index (Phi) is 14.2. The van der Waals surface area contributed by atoms with Gasteiger partial charge in [0.2, 0.25) is 0 Å². The molecule has 53 heavy (non-hydrogen) atoms. The number of hydrogen-bond donors (Lipinski definition) is 1. The van der Waals surface area contributed by atoms with E-state index in [1.54, 1.807) is 34.6 Å². The van der Waals surface area contributed by atoms with Crippen molar-refractivity contribution >= 4 is 47.3 Å². The van der Waals surface area contributed by atoms with Crippen molar-refractivity contribution in [2.45, 2.75) is 156 Å². The van der Waals surface area contributed by atoms with Crippen LogP contribution in [-0.4, -0.2) is 87.5 Å². The van der Waals surface area contributed by atoms with Crippen LogP contribution in [0, 0.1) is 5.41 Å². The smallest absolute Gasteiger partial charge is 0.418 e. The van der Waals surface area contributed by atoms with Gasteiger partial charge < -0.3 is 24.3 Å². The summed E-state index contributed by atoms with van der Waals surface area (Å²) in [4.78, 5) is 93.9. The van der Waals surface area contributed by atoms with Crippen LogP contribution in [0.3, 0.4) is 0 Å². The van der Waals surface area contributed by atoms with Crippen molar-refractivity contribution in [3.8, 4) is 5.75 Å². The Hall–Kier alpha value is -4.49. The standard InChI is InChI=1S/C39H57N3O11/c1-11-12-13-14-15-16-17-18-19-26(23-41-33(46)38(7,8)52-35(41)48)51-32(45)25-20-21-27(28(22-25)50-24(2)3)40-31(44)29(30(43)37(4,5)6)42-34(47)39(9,10)53-36(42)49/h20-22,24,26,29H,11-19,23H2,1-10H3,(H,40,44). The molecule has 294 valence electrons. The minimum atomic E-state index is -1.85. The fraction of sp³-hybridized carbons (Fsp3) is 0.667. The lowest BCUT2D eigenvalue weighted by Gasteiger charge is -2.29. The number of hydrogen-bond acceptors (Lipinski definition) is 11. The Morgan fingerprint density at radius 2 is 1.40 bits per heavy atom. The van der Waals surface area contributed by atoms with E-state index in [1.165, 1.54) is 65.2 Å². The van der Waals surface area contributed by atoms with Crippen molar-refractivity contribution in [3.05, 3.63) is 23.8 Å². The Balaban J connectivity index is 1.85. The molecule has 2 saturated heterocycles. The molecule has 0 aliphatic carbocycles. The topological polar surface area (TPSA) is 175 Å². The fourth-order valence-electron chi connectivity index (χ4n) is 5.97. The van der Waals surface area contributed by atoms with Gasteiger partial charge in [0, 0.05) is 5.41 Å². The summed E-state index contributed by atoms with van der Waals surface area (Å²) < 4.78 is 22.2. The average molecular weight is 744 g/mol. The normalized spacial score (nSPS) is 17.8. The molecule has 0 bridgehead atoms. The van der Waals surface area contributed by atoms with E-state index in [4.69, 9.17) is 18.9 Å². The molecule has 0 radical (unpaired) electrons. The average Bonchev–Trinajstić information content (AvgIpc) is 3.37. The first-order valence-electron chi connectivity index (χ1n) is 18.6. The van der Waals surface area contributed by atoms with E-state index < -0.39 is 76.5 Å². The van der Waals surface area contributed by atoms with Crippen molar-refractivity contribution in [1.29, 1.82) is 0 Å². The van der Waals surface area contributed by atoms with Crippen LogP contribution in [0.25, 0.3) is 0 Å². The summed E-state index contributed by atoms with van der Waals surface area (Å²) in [5, 5.41) is 2.61. The second kappa shape index (κ2) is 17.6. The number of ketones is 1. The second-order valence-electron chi connectivity index (χ2n) is 16.0. The highest BCUT2D eigenvalue weighted by atomic mass is 16.6. The summed E-state index contributed by atoms with van der Waals surface area (Å²) >= 11 is 0. The van der Waals surface area contributed by atoms with Crippen LogP contribution in [0.2, 0.25) is 0 Å². The van der Waals surface area contributed by atoms with Gasteiger partial charge >= 0.3 is 18.2 Å². The van der Waals surface area contributed by atoms with Gasteiger partial charge in [-0.2, -0.15) is 0 Å². The van der Waals surface area contributed by atoms with Crippen LogP contribution in [0.1, 0.15) is 137 Å². The van der Waals surface area contributed by atoms with Gasteiger partial charge in [-0.05, 0) is 72.6 Å². The molecule has 2 aliphatic heterocycles. The lowest BCUT2D eigenvalue weighted by atomic mass is 9.85. The molecule has 2 atom stereocenters. The van der Waals surface area contributed by atoms with Gasteiger partial charge in [0.15, 0.2) is 23.0 Å². The first kappa shape index (κ1) is 42.9. The molecule has 2 fully saturated rings. The Bertz CT molecular complexity index is 1560. The second-order valence-corrected chi connectivity index (χ2v) is 16.0. The number of anilines is 1. The SMILES string of the molecule is CCCCCCCCCCC(CN1C(=O)OC(C)(C)C1=O)OC(=O)c1ccc(NC(=O)C(C(=O)C(C)(C)C)N2C(=O)OC(C)(C)C2=O)c(OC(C)C)c1. The molecule has 0 spiro atoms. The van der Waals surface area contributed by atoms with Gasteiger partial charge in [-0.25, -0.2) is 24.2 Å². The zero-order valence-corrected chi connectivity index (χ0v) is 32.9. The van der Waals surface area contributed by atoms with E-state index in [0.717, 1.165) is 30.6 Å². The molecule has 2 unspecified atom stereocenters. The van der Waals surface area contributed by atoms with Crippen LogP contribution in [0.4, 0.5) is 15.3 Å². The summed E-state index contributed by atoms with van der Waals surface area (Å²) in [7, 11) is 0. The van der Waals surface area contributed by atoms with Crippen LogP contribution < -0.4 is 10.1 Å². The highest BCUT2D eigenvalue weighted by molar-refractivity contribution is 6.19. The van der Waals surface area contributed by atoms with Gasteiger partial charge in [-0.3, -0.25) is 19.2 Å². The van der Waals surface area contributed by atoms with Crippen molar-refractivity contribution in [2.24, 2.45) is 5.41 Å². The molecule has 3 rings (SSSR count). The lowest BCUT2D eigenvalue weighted by molar-refractivity contribution is -0.145. The zero-order chi connectivity index (χ0) is 39.9.